The van der Waals surface area contributed by atoms with Gasteiger partial charge in [-0.3, -0.25) is 0 Å². The summed E-state index contributed by atoms with van der Waals surface area (Å²) in [4.78, 5) is 0. The van der Waals surface area contributed by atoms with Crippen LogP contribution in [-0.4, -0.2) is 5.11 Å². The molecule has 0 aliphatic heterocycles. The summed E-state index contributed by atoms with van der Waals surface area (Å²) in [6.45, 7) is 8.64. The van der Waals surface area contributed by atoms with Crippen LogP contribution in [0.4, 0.5) is 0 Å². The molecule has 0 aromatic rings. The molecular formula is C7H10O. The average molecular weight is 110 g/mol. The van der Waals surface area contributed by atoms with Crippen molar-refractivity contribution in [2.24, 2.45) is 0 Å². The molecule has 0 unspecified atom stereocenters. The van der Waals surface area contributed by atoms with E-state index < -0.39 is 0 Å². The molecule has 0 heterocycles. The molecule has 0 aliphatic carbocycles. The first kappa shape index (κ1) is 7.02. The maximum Gasteiger partial charge on any atom is 0.117 e. The Morgan fingerprint density at radius 2 is 2.12 bits per heavy atom. The number of hydrogen-bond acceptors (Lipinski definition) is 1. The second-order valence-corrected chi connectivity index (χ2v) is 1.57. The van der Waals surface area contributed by atoms with Crippen LogP contribution in [0.15, 0.2) is 36.6 Å². The predicted molar refractivity (Wildman–Crippen MR) is 35.7 cm³/mol. The van der Waals surface area contributed by atoms with Gasteiger partial charge in [-0.25, -0.2) is 0 Å². The normalized spacial score (nSPS) is 10.9. The van der Waals surface area contributed by atoms with E-state index in [1.54, 1.807) is 6.92 Å². The highest BCUT2D eigenvalue weighted by Crippen LogP contribution is 1.99. The van der Waals surface area contributed by atoms with E-state index in [4.69, 9.17) is 5.11 Å². The molecule has 0 spiro atoms. The maximum atomic E-state index is 8.82. The number of rotatable bonds is 2. The van der Waals surface area contributed by atoms with Crippen LogP contribution < -0.4 is 0 Å². The molecule has 0 aromatic carbocycles. The molecule has 1 N–H and O–H groups in total. The Hall–Kier alpha value is -0.980. The van der Waals surface area contributed by atoms with Crippen LogP contribution in [-0.2, 0) is 0 Å². The topological polar surface area (TPSA) is 20.2 Å². The van der Waals surface area contributed by atoms with Gasteiger partial charge in [-0.1, -0.05) is 19.2 Å². The van der Waals surface area contributed by atoms with Crippen molar-refractivity contribution in [3.05, 3.63) is 36.6 Å². The van der Waals surface area contributed by atoms with Crippen molar-refractivity contribution in [1.82, 2.24) is 0 Å². The zero-order chi connectivity index (χ0) is 6.57. The lowest BCUT2D eigenvalue weighted by molar-refractivity contribution is 0.424. The summed E-state index contributed by atoms with van der Waals surface area (Å²) in [5, 5.41) is 8.82. The molecular weight excluding hydrogens is 100 g/mol. The molecule has 8 heavy (non-hydrogen) atoms. The van der Waals surface area contributed by atoms with Gasteiger partial charge in [0.15, 0.2) is 0 Å². The fourth-order valence-corrected chi connectivity index (χ4v) is 0.254. The van der Waals surface area contributed by atoms with Gasteiger partial charge in [-0.2, -0.15) is 0 Å². The van der Waals surface area contributed by atoms with Crippen LogP contribution in [0.2, 0.25) is 0 Å². The SMILES string of the molecule is C=C/C=C(/O)C(=C)C. The van der Waals surface area contributed by atoms with Crippen LogP contribution in [0.5, 0.6) is 0 Å². The minimum Gasteiger partial charge on any atom is -0.508 e. The first-order valence-electron chi connectivity index (χ1n) is 2.36. The lowest BCUT2D eigenvalue weighted by Gasteiger charge is -1.91. The van der Waals surface area contributed by atoms with Gasteiger partial charge >= 0.3 is 0 Å². The molecule has 0 rings (SSSR count). The van der Waals surface area contributed by atoms with Crippen LogP contribution in [0.25, 0.3) is 0 Å². The Kier molecular flexibility index (Phi) is 2.70. The summed E-state index contributed by atoms with van der Waals surface area (Å²) in [5.41, 5.74) is 0.657. The quantitative estimate of drug-likeness (QED) is 0.426. The second kappa shape index (κ2) is 3.08. The summed E-state index contributed by atoms with van der Waals surface area (Å²) in [7, 11) is 0. The molecule has 0 radical (unpaired) electrons. The van der Waals surface area contributed by atoms with Gasteiger partial charge in [0.25, 0.3) is 0 Å². The molecule has 0 amide bonds. The molecule has 0 saturated heterocycles. The molecule has 1 heteroatoms. The Balaban J connectivity index is 3.99. The van der Waals surface area contributed by atoms with Crippen LogP contribution in [0, 0.1) is 0 Å². The zero-order valence-electron chi connectivity index (χ0n) is 5.02. The molecule has 0 aromatic heterocycles. The van der Waals surface area contributed by atoms with Crippen molar-refractivity contribution in [3.63, 3.8) is 0 Å². The molecule has 44 valence electrons. The standard InChI is InChI=1S/C7H10O/c1-4-5-7(8)6(2)3/h4-5,8H,1-2H2,3H3/b7-5+. The monoisotopic (exact) mass is 110 g/mol. The van der Waals surface area contributed by atoms with Crippen molar-refractivity contribution in [2.75, 3.05) is 0 Å². The zero-order valence-corrected chi connectivity index (χ0v) is 5.02. The van der Waals surface area contributed by atoms with E-state index >= 15 is 0 Å². The van der Waals surface area contributed by atoms with Crippen molar-refractivity contribution in [2.45, 2.75) is 6.92 Å². The first-order chi connectivity index (χ1) is 3.68. The van der Waals surface area contributed by atoms with Gasteiger partial charge in [0, 0.05) is 0 Å². The summed E-state index contributed by atoms with van der Waals surface area (Å²) in [5.74, 6) is 0.194. The van der Waals surface area contributed by atoms with E-state index in [1.165, 1.54) is 12.2 Å². The van der Waals surface area contributed by atoms with Gasteiger partial charge in [-0.15, -0.1) is 0 Å². The average Bonchev–Trinajstić information content (AvgIpc) is 1.67. The lowest BCUT2D eigenvalue weighted by atomic mass is 10.3. The van der Waals surface area contributed by atoms with Crippen molar-refractivity contribution in [1.29, 1.82) is 0 Å². The van der Waals surface area contributed by atoms with Gasteiger partial charge in [0.1, 0.15) is 5.76 Å². The van der Waals surface area contributed by atoms with Crippen LogP contribution in [0.1, 0.15) is 6.92 Å². The fraction of sp³-hybridized carbons (Fsp3) is 0.143. The highest BCUT2D eigenvalue weighted by molar-refractivity contribution is 5.22. The van der Waals surface area contributed by atoms with Gasteiger partial charge in [0.2, 0.25) is 0 Å². The van der Waals surface area contributed by atoms with Crippen molar-refractivity contribution < 1.29 is 5.11 Å². The predicted octanol–water partition coefficient (Wildman–Crippen LogP) is 2.19. The van der Waals surface area contributed by atoms with E-state index in [0.29, 0.717) is 5.57 Å². The Morgan fingerprint density at radius 3 is 2.25 bits per heavy atom. The molecule has 0 saturated carbocycles. The second-order valence-electron chi connectivity index (χ2n) is 1.57. The van der Waals surface area contributed by atoms with Crippen molar-refractivity contribution in [3.8, 4) is 0 Å². The summed E-state index contributed by atoms with van der Waals surface area (Å²) < 4.78 is 0. The highest BCUT2D eigenvalue weighted by atomic mass is 16.3. The molecule has 0 bridgehead atoms. The molecule has 0 aliphatic rings. The van der Waals surface area contributed by atoms with E-state index in [9.17, 15) is 0 Å². The number of hydrogen-bond donors (Lipinski definition) is 1. The third-order valence-corrected chi connectivity index (χ3v) is 0.713. The van der Waals surface area contributed by atoms with E-state index in [-0.39, 0.29) is 5.76 Å². The molecule has 0 atom stereocenters. The smallest absolute Gasteiger partial charge is 0.117 e. The number of allylic oxidation sites excluding steroid dienone is 3. The Labute approximate surface area is 49.7 Å². The molecule has 0 fully saturated rings. The van der Waals surface area contributed by atoms with Gasteiger partial charge in [-0.05, 0) is 18.6 Å². The van der Waals surface area contributed by atoms with Gasteiger partial charge in [0.05, 0.1) is 0 Å². The number of aliphatic hydroxyl groups excluding tert-OH is 1. The molecule has 1 nitrogen and oxygen atoms in total. The Bertz CT molecular complexity index is 131. The summed E-state index contributed by atoms with van der Waals surface area (Å²) in [6.07, 6.45) is 3.02. The van der Waals surface area contributed by atoms with E-state index in [1.807, 2.05) is 0 Å². The number of aliphatic hydroxyl groups is 1. The summed E-state index contributed by atoms with van der Waals surface area (Å²) in [6, 6.07) is 0. The van der Waals surface area contributed by atoms with Crippen LogP contribution in [0.3, 0.4) is 0 Å². The maximum absolute atomic E-state index is 8.82. The van der Waals surface area contributed by atoms with Crippen molar-refractivity contribution >= 4 is 0 Å². The lowest BCUT2D eigenvalue weighted by Crippen LogP contribution is -1.77. The fourth-order valence-electron chi connectivity index (χ4n) is 0.254. The van der Waals surface area contributed by atoms with E-state index in [0.717, 1.165) is 0 Å². The third kappa shape index (κ3) is 2.24. The van der Waals surface area contributed by atoms with E-state index in [2.05, 4.69) is 13.2 Å². The van der Waals surface area contributed by atoms with Gasteiger partial charge < -0.3 is 5.11 Å². The minimum atomic E-state index is 0.194. The Morgan fingerprint density at radius 1 is 1.62 bits per heavy atom. The highest BCUT2D eigenvalue weighted by Gasteiger charge is 1.86. The summed E-state index contributed by atoms with van der Waals surface area (Å²) >= 11 is 0. The minimum absolute atomic E-state index is 0.194. The third-order valence-electron chi connectivity index (χ3n) is 0.713. The largest absolute Gasteiger partial charge is 0.508 e. The first-order valence-corrected chi connectivity index (χ1v) is 2.36. The van der Waals surface area contributed by atoms with Crippen LogP contribution >= 0.6 is 0 Å².